The number of carbonyl (C=O) groups is 2. The van der Waals surface area contributed by atoms with Gasteiger partial charge in [-0.2, -0.15) is 0 Å². The Bertz CT molecular complexity index is 215. The average molecular weight is 215 g/mol. The van der Waals surface area contributed by atoms with Crippen LogP contribution in [0.3, 0.4) is 0 Å². The number of carbonyl (C=O) groups excluding carboxylic acids is 2. The van der Waals surface area contributed by atoms with Gasteiger partial charge in [-0.25, -0.2) is 0 Å². The number of amides is 2. The SMILES string of the molecule is CCNC(=O)CN(C)C(=O)C(CC)CN. The van der Waals surface area contributed by atoms with E-state index < -0.39 is 0 Å². The zero-order valence-electron chi connectivity index (χ0n) is 9.75. The van der Waals surface area contributed by atoms with Gasteiger partial charge in [-0.1, -0.05) is 6.92 Å². The number of nitrogens with zero attached hydrogens (tertiary/aromatic N) is 1. The van der Waals surface area contributed by atoms with Crippen LogP contribution in [0.25, 0.3) is 0 Å². The Morgan fingerprint density at radius 1 is 1.40 bits per heavy atom. The molecule has 5 nitrogen and oxygen atoms in total. The van der Waals surface area contributed by atoms with Gasteiger partial charge in [0, 0.05) is 20.1 Å². The van der Waals surface area contributed by atoms with E-state index >= 15 is 0 Å². The third kappa shape index (κ3) is 4.78. The summed E-state index contributed by atoms with van der Waals surface area (Å²) in [6, 6.07) is 0. The molecular formula is C10H21N3O2. The number of hydrogen-bond donors (Lipinski definition) is 2. The Kier molecular flexibility index (Phi) is 6.70. The molecule has 0 heterocycles. The van der Waals surface area contributed by atoms with Crippen LogP contribution in [0.2, 0.25) is 0 Å². The molecule has 5 heteroatoms. The van der Waals surface area contributed by atoms with Crippen molar-refractivity contribution in [3.8, 4) is 0 Å². The molecule has 2 amide bonds. The second-order valence-corrected chi connectivity index (χ2v) is 3.49. The maximum absolute atomic E-state index is 11.7. The zero-order chi connectivity index (χ0) is 11.8. The van der Waals surface area contributed by atoms with Gasteiger partial charge in [0.25, 0.3) is 0 Å². The van der Waals surface area contributed by atoms with Gasteiger partial charge in [-0.15, -0.1) is 0 Å². The first-order chi connectivity index (χ1) is 7.06. The van der Waals surface area contributed by atoms with E-state index in [0.29, 0.717) is 19.5 Å². The second kappa shape index (κ2) is 7.23. The summed E-state index contributed by atoms with van der Waals surface area (Å²) >= 11 is 0. The standard InChI is InChI=1S/C10H21N3O2/c1-4-8(6-11)10(15)13(3)7-9(14)12-5-2/h8H,4-7,11H2,1-3H3,(H,12,14). The lowest BCUT2D eigenvalue weighted by molar-refractivity contribution is -0.137. The third-order valence-corrected chi connectivity index (χ3v) is 2.26. The highest BCUT2D eigenvalue weighted by molar-refractivity contribution is 5.85. The first kappa shape index (κ1) is 13.9. The Morgan fingerprint density at radius 3 is 2.40 bits per heavy atom. The van der Waals surface area contributed by atoms with E-state index in [2.05, 4.69) is 5.32 Å². The first-order valence-corrected chi connectivity index (χ1v) is 5.28. The Hall–Kier alpha value is -1.10. The number of rotatable bonds is 6. The van der Waals surface area contributed by atoms with Crippen molar-refractivity contribution in [1.29, 1.82) is 0 Å². The molecule has 0 aromatic heterocycles. The highest BCUT2D eigenvalue weighted by atomic mass is 16.2. The zero-order valence-corrected chi connectivity index (χ0v) is 9.75. The second-order valence-electron chi connectivity index (χ2n) is 3.49. The number of nitrogens with two attached hydrogens (primary N) is 1. The number of likely N-dealkylation sites (N-methyl/N-ethyl adjacent to an activating group) is 2. The van der Waals surface area contributed by atoms with E-state index in [4.69, 9.17) is 5.73 Å². The van der Waals surface area contributed by atoms with Gasteiger partial charge in [0.15, 0.2) is 0 Å². The molecule has 88 valence electrons. The number of nitrogens with one attached hydrogen (secondary N) is 1. The van der Waals surface area contributed by atoms with E-state index in [0.717, 1.165) is 0 Å². The summed E-state index contributed by atoms with van der Waals surface area (Å²) in [5, 5.41) is 2.64. The van der Waals surface area contributed by atoms with E-state index in [1.54, 1.807) is 7.05 Å². The molecule has 0 saturated carbocycles. The summed E-state index contributed by atoms with van der Waals surface area (Å²) in [4.78, 5) is 24.4. The van der Waals surface area contributed by atoms with Gasteiger partial charge in [-0.05, 0) is 13.3 Å². The summed E-state index contributed by atoms with van der Waals surface area (Å²) < 4.78 is 0. The Balaban J connectivity index is 4.13. The minimum Gasteiger partial charge on any atom is -0.355 e. The van der Waals surface area contributed by atoms with Crippen molar-refractivity contribution in [2.75, 3.05) is 26.7 Å². The monoisotopic (exact) mass is 215 g/mol. The minimum atomic E-state index is -0.176. The topological polar surface area (TPSA) is 75.4 Å². The minimum absolute atomic E-state index is 0.0637. The molecule has 0 bridgehead atoms. The van der Waals surface area contributed by atoms with Crippen molar-refractivity contribution >= 4 is 11.8 Å². The molecule has 0 fully saturated rings. The van der Waals surface area contributed by atoms with Crippen LogP contribution >= 0.6 is 0 Å². The molecule has 0 aliphatic carbocycles. The van der Waals surface area contributed by atoms with Crippen LogP contribution in [-0.2, 0) is 9.59 Å². The van der Waals surface area contributed by atoms with Crippen LogP contribution in [0, 0.1) is 5.92 Å². The van der Waals surface area contributed by atoms with Gasteiger partial charge in [0.1, 0.15) is 0 Å². The van der Waals surface area contributed by atoms with Gasteiger partial charge >= 0.3 is 0 Å². The predicted molar refractivity (Wildman–Crippen MR) is 59.2 cm³/mol. The van der Waals surface area contributed by atoms with Gasteiger partial charge in [0.2, 0.25) is 11.8 Å². The molecule has 0 saturated heterocycles. The van der Waals surface area contributed by atoms with Crippen molar-refractivity contribution in [2.45, 2.75) is 20.3 Å². The third-order valence-electron chi connectivity index (χ3n) is 2.26. The van der Waals surface area contributed by atoms with Crippen molar-refractivity contribution < 1.29 is 9.59 Å². The van der Waals surface area contributed by atoms with Crippen molar-refractivity contribution in [1.82, 2.24) is 10.2 Å². The summed E-state index contributed by atoms with van der Waals surface area (Å²) in [7, 11) is 1.62. The van der Waals surface area contributed by atoms with E-state index in [1.165, 1.54) is 4.90 Å². The summed E-state index contributed by atoms with van der Waals surface area (Å²) in [6.07, 6.45) is 0.703. The Labute approximate surface area is 91.0 Å². The molecular weight excluding hydrogens is 194 g/mol. The molecule has 0 aromatic carbocycles. The molecule has 15 heavy (non-hydrogen) atoms. The molecule has 0 spiro atoms. The molecule has 0 aliphatic rings. The summed E-state index contributed by atoms with van der Waals surface area (Å²) in [6.45, 7) is 4.76. The largest absolute Gasteiger partial charge is 0.355 e. The molecule has 0 aromatic rings. The van der Waals surface area contributed by atoms with Crippen LogP contribution in [-0.4, -0.2) is 43.4 Å². The summed E-state index contributed by atoms with van der Waals surface area (Å²) in [5.41, 5.74) is 5.46. The first-order valence-electron chi connectivity index (χ1n) is 5.28. The van der Waals surface area contributed by atoms with Gasteiger partial charge in [0.05, 0.1) is 12.5 Å². The highest BCUT2D eigenvalue weighted by Gasteiger charge is 2.20. The van der Waals surface area contributed by atoms with Gasteiger partial charge < -0.3 is 16.0 Å². The lowest BCUT2D eigenvalue weighted by Crippen LogP contribution is -2.42. The summed E-state index contributed by atoms with van der Waals surface area (Å²) in [5.74, 6) is -0.379. The fourth-order valence-corrected chi connectivity index (χ4v) is 1.30. The van der Waals surface area contributed by atoms with Crippen LogP contribution < -0.4 is 11.1 Å². The van der Waals surface area contributed by atoms with Crippen LogP contribution in [0.5, 0.6) is 0 Å². The average Bonchev–Trinajstić information content (AvgIpc) is 2.19. The van der Waals surface area contributed by atoms with Crippen LogP contribution in [0.15, 0.2) is 0 Å². The van der Waals surface area contributed by atoms with Crippen LogP contribution in [0.4, 0.5) is 0 Å². The smallest absolute Gasteiger partial charge is 0.239 e. The van der Waals surface area contributed by atoms with E-state index in [-0.39, 0.29) is 24.3 Å². The van der Waals surface area contributed by atoms with Crippen molar-refractivity contribution in [3.63, 3.8) is 0 Å². The number of hydrogen-bond acceptors (Lipinski definition) is 3. The molecule has 3 N–H and O–H groups in total. The van der Waals surface area contributed by atoms with Gasteiger partial charge in [-0.3, -0.25) is 9.59 Å². The lowest BCUT2D eigenvalue weighted by atomic mass is 10.1. The van der Waals surface area contributed by atoms with E-state index in [1.807, 2.05) is 13.8 Å². The lowest BCUT2D eigenvalue weighted by Gasteiger charge is -2.21. The highest BCUT2D eigenvalue weighted by Crippen LogP contribution is 2.04. The molecule has 1 atom stereocenters. The fraction of sp³-hybridized carbons (Fsp3) is 0.800. The molecule has 0 aliphatic heterocycles. The Morgan fingerprint density at radius 2 is 2.00 bits per heavy atom. The van der Waals surface area contributed by atoms with Crippen LogP contribution in [0.1, 0.15) is 20.3 Å². The quantitative estimate of drug-likeness (QED) is 0.631. The predicted octanol–water partition coefficient (Wildman–Crippen LogP) is -0.434. The van der Waals surface area contributed by atoms with Crippen molar-refractivity contribution in [2.24, 2.45) is 11.7 Å². The molecule has 0 rings (SSSR count). The molecule has 1 unspecified atom stereocenters. The van der Waals surface area contributed by atoms with Crippen molar-refractivity contribution in [3.05, 3.63) is 0 Å². The normalized spacial score (nSPS) is 12.0. The van der Waals surface area contributed by atoms with E-state index in [9.17, 15) is 9.59 Å². The fourth-order valence-electron chi connectivity index (χ4n) is 1.30. The maximum Gasteiger partial charge on any atom is 0.239 e. The maximum atomic E-state index is 11.7. The molecule has 0 radical (unpaired) electrons.